The minimum atomic E-state index is -0.0617. The van der Waals surface area contributed by atoms with Gasteiger partial charge in [0.15, 0.2) is 0 Å². The zero-order valence-corrected chi connectivity index (χ0v) is 10.9. The summed E-state index contributed by atoms with van der Waals surface area (Å²) in [6, 6.07) is 5.78. The average Bonchev–Trinajstić information content (AvgIpc) is 2.27. The molecule has 17 heavy (non-hydrogen) atoms. The van der Waals surface area contributed by atoms with Gasteiger partial charge in [-0.3, -0.25) is 4.79 Å². The van der Waals surface area contributed by atoms with E-state index < -0.39 is 0 Å². The summed E-state index contributed by atoms with van der Waals surface area (Å²) in [5, 5.41) is 12.0. The lowest BCUT2D eigenvalue weighted by molar-refractivity contribution is 0.0915. The highest BCUT2D eigenvalue weighted by molar-refractivity contribution is 5.97. The van der Waals surface area contributed by atoms with Gasteiger partial charge in [0.05, 0.1) is 0 Å². The van der Waals surface area contributed by atoms with Crippen LogP contribution in [0.5, 0.6) is 0 Å². The Morgan fingerprint density at radius 3 is 2.29 bits per heavy atom. The molecule has 0 saturated heterocycles. The maximum absolute atomic E-state index is 12.1. The number of aliphatic hydroxyl groups excluding tert-OH is 1. The number of hydrogen-bond donors (Lipinski definition) is 2. The number of amides is 1. The smallest absolute Gasteiger partial charge is 0.252 e. The Morgan fingerprint density at radius 1 is 1.29 bits per heavy atom. The third-order valence-electron chi connectivity index (χ3n) is 3.21. The van der Waals surface area contributed by atoms with E-state index in [-0.39, 0.29) is 24.5 Å². The molecule has 1 aromatic carbocycles. The van der Waals surface area contributed by atoms with Crippen molar-refractivity contribution in [2.75, 3.05) is 6.61 Å². The molecule has 94 valence electrons. The molecule has 0 aromatic heterocycles. The maximum atomic E-state index is 12.1. The summed E-state index contributed by atoms with van der Waals surface area (Å²) in [6.45, 7) is 7.76. The van der Waals surface area contributed by atoms with Crippen LogP contribution in [0.3, 0.4) is 0 Å². The van der Waals surface area contributed by atoms with Gasteiger partial charge in [-0.15, -0.1) is 0 Å². The van der Waals surface area contributed by atoms with Crippen LogP contribution in [0.15, 0.2) is 18.2 Å². The molecule has 0 saturated carbocycles. The highest BCUT2D eigenvalue weighted by Gasteiger charge is 2.17. The van der Waals surface area contributed by atoms with Gasteiger partial charge >= 0.3 is 0 Å². The average molecular weight is 235 g/mol. The standard InChI is InChI=1S/C14H21NO2/c1-9-6-5-7-10(2)13(9)14(17)15-12(4)11(3)8-16/h5-7,11-12,16H,8H2,1-4H3,(H,15,17)/t11-,12-/m1/s1. The molecule has 0 aliphatic rings. The Hall–Kier alpha value is -1.35. The minimum absolute atomic E-state index is 0.0356. The van der Waals surface area contributed by atoms with Crippen molar-refractivity contribution in [1.29, 1.82) is 0 Å². The van der Waals surface area contributed by atoms with Gasteiger partial charge in [0.25, 0.3) is 5.91 Å². The van der Waals surface area contributed by atoms with Crippen molar-refractivity contribution < 1.29 is 9.90 Å². The Labute approximate surface area is 103 Å². The van der Waals surface area contributed by atoms with Gasteiger partial charge in [0, 0.05) is 18.2 Å². The van der Waals surface area contributed by atoms with Crippen molar-refractivity contribution in [1.82, 2.24) is 5.32 Å². The molecule has 3 nitrogen and oxygen atoms in total. The third kappa shape index (κ3) is 3.30. The van der Waals surface area contributed by atoms with Gasteiger partial charge in [-0.2, -0.15) is 0 Å². The van der Waals surface area contributed by atoms with Gasteiger partial charge in [0.2, 0.25) is 0 Å². The summed E-state index contributed by atoms with van der Waals surface area (Å²) < 4.78 is 0. The van der Waals surface area contributed by atoms with E-state index in [4.69, 9.17) is 5.11 Å². The Kier molecular flexibility index (Phi) is 4.70. The molecule has 1 amide bonds. The third-order valence-corrected chi connectivity index (χ3v) is 3.21. The second kappa shape index (κ2) is 5.82. The number of carbonyl (C=O) groups excluding carboxylic acids is 1. The SMILES string of the molecule is Cc1cccc(C)c1C(=O)N[C@H](C)[C@H](C)CO. The maximum Gasteiger partial charge on any atom is 0.252 e. The molecule has 2 atom stereocenters. The number of aryl methyl sites for hydroxylation is 2. The lowest BCUT2D eigenvalue weighted by Gasteiger charge is -2.20. The highest BCUT2D eigenvalue weighted by Crippen LogP contribution is 2.14. The van der Waals surface area contributed by atoms with Gasteiger partial charge in [-0.25, -0.2) is 0 Å². The fraction of sp³-hybridized carbons (Fsp3) is 0.500. The number of nitrogens with one attached hydrogen (secondary N) is 1. The van der Waals surface area contributed by atoms with Crippen LogP contribution in [0.1, 0.15) is 35.3 Å². The number of aliphatic hydroxyl groups is 1. The van der Waals surface area contributed by atoms with E-state index in [0.717, 1.165) is 16.7 Å². The zero-order valence-electron chi connectivity index (χ0n) is 10.9. The second-order valence-corrected chi connectivity index (χ2v) is 4.69. The first-order valence-corrected chi connectivity index (χ1v) is 5.95. The summed E-state index contributed by atoms with van der Waals surface area (Å²) in [4.78, 5) is 12.1. The van der Waals surface area contributed by atoms with Crippen LogP contribution in [-0.4, -0.2) is 23.7 Å². The molecule has 0 spiro atoms. The van der Waals surface area contributed by atoms with Crippen LogP contribution in [0.4, 0.5) is 0 Å². The highest BCUT2D eigenvalue weighted by atomic mass is 16.3. The minimum Gasteiger partial charge on any atom is -0.396 e. The fourth-order valence-corrected chi connectivity index (χ4v) is 1.75. The number of carbonyl (C=O) groups is 1. The van der Waals surface area contributed by atoms with Crippen LogP contribution in [0, 0.1) is 19.8 Å². The molecule has 0 aliphatic carbocycles. The van der Waals surface area contributed by atoms with E-state index in [9.17, 15) is 4.79 Å². The number of benzene rings is 1. The predicted octanol–water partition coefficient (Wildman–Crippen LogP) is 2.05. The first-order chi connectivity index (χ1) is 7.97. The van der Waals surface area contributed by atoms with Crippen molar-refractivity contribution in [3.63, 3.8) is 0 Å². The normalized spacial score (nSPS) is 14.2. The Bertz CT molecular complexity index is 381. The Morgan fingerprint density at radius 2 is 1.82 bits per heavy atom. The molecular weight excluding hydrogens is 214 g/mol. The zero-order chi connectivity index (χ0) is 13.0. The molecule has 0 fully saturated rings. The van der Waals surface area contributed by atoms with Crippen LogP contribution in [-0.2, 0) is 0 Å². The van der Waals surface area contributed by atoms with Crippen molar-refractivity contribution in [2.24, 2.45) is 5.92 Å². The molecule has 0 aliphatic heterocycles. The van der Waals surface area contributed by atoms with Crippen LogP contribution >= 0.6 is 0 Å². The first-order valence-electron chi connectivity index (χ1n) is 5.95. The lowest BCUT2D eigenvalue weighted by atomic mass is 10.0. The molecule has 0 unspecified atom stereocenters. The summed E-state index contributed by atoms with van der Waals surface area (Å²) >= 11 is 0. The van der Waals surface area contributed by atoms with Gasteiger partial charge in [0.1, 0.15) is 0 Å². The van der Waals surface area contributed by atoms with E-state index in [0.29, 0.717) is 0 Å². The first kappa shape index (κ1) is 13.7. The molecule has 1 rings (SSSR count). The summed E-state index contributed by atoms with van der Waals surface area (Å²) in [5.74, 6) is -0.00308. The topological polar surface area (TPSA) is 49.3 Å². The van der Waals surface area contributed by atoms with Gasteiger partial charge < -0.3 is 10.4 Å². The summed E-state index contributed by atoms with van der Waals surface area (Å²) in [5.41, 5.74) is 2.70. The summed E-state index contributed by atoms with van der Waals surface area (Å²) in [6.07, 6.45) is 0. The largest absolute Gasteiger partial charge is 0.396 e. The lowest BCUT2D eigenvalue weighted by Crippen LogP contribution is -2.38. The van der Waals surface area contributed by atoms with E-state index in [1.54, 1.807) is 0 Å². The predicted molar refractivity (Wildman–Crippen MR) is 69.1 cm³/mol. The number of rotatable bonds is 4. The van der Waals surface area contributed by atoms with Crippen molar-refractivity contribution in [3.05, 3.63) is 34.9 Å². The van der Waals surface area contributed by atoms with Crippen molar-refractivity contribution in [3.8, 4) is 0 Å². The molecule has 0 radical (unpaired) electrons. The molecular formula is C14H21NO2. The molecule has 0 bridgehead atoms. The van der Waals surface area contributed by atoms with E-state index >= 15 is 0 Å². The van der Waals surface area contributed by atoms with Crippen LogP contribution in [0.2, 0.25) is 0 Å². The quantitative estimate of drug-likeness (QED) is 0.839. The van der Waals surface area contributed by atoms with Crippen LogP contribution in [0.25, 0.3) is 0 Å². The molecule has 0 heterocycles. The molecule has 1 aromatic rings. The van der Waals surface area contributed by atoms with Crippen molar-refractivity contribution in [2.45, 2.75) is 33.7 Å². The van der Waals surface area contributed by atoms with E-state index in [2.05, 4.69) is 5.32 Å². The Balaban J connectivity index is 2.84. The van der Waals surface area contributed by atoms with E-state index in [1.165, 1.54) is 0 Å². The van der Waals surface area contributed by atoms with Crippen molar-refractivity contribution >= 4 is 5.91 Å². The molecule has 3 heteroatoms. The summed E-state index contributed by atoms with van der Waals surface area (Å²) in [7, 11) is 0. The van der Waals surface area contributed by atoms with Crippen LogP contribution < -0.4 is 5.32 Å². The number of hydrogen-bond acceptors (Lipinski definition) is 2. The molecule has 2 N–H and O–H groups in total. The van der Waals surface area contributed by atoms with Gasteiger partial charge in [-0.05, 0) is 37.8 Å². The van der Waals surface area contributed by atoms with Gasteiger partial charge in [-0.1, -0.05) is 25.1 Å². The monoisotopic (exact) mass is 235 g/mol. The fourth-order valence-electron chi connectivity index (χ4n) is 1.75. The second-order valence-electron chi connectivity index (χ2n) is 4.69. The van der Waals surface area contributed by atoms with E-state index in [1.807, 2.05) is 45.9 Å².